The summed E-state index contributed by atoms with van der Waals surface area (Å²) in [5, 5.41) is 0. The van der Waals surface area contributed by atoms with E-state index >= 15 is 0 Å². The Kier molecular flexibility index (Phi) is 3.68. The van der Waals surface area contributed by atoms with Crippen molar-refractivity contribution in [3.05, 3.63) is 77.1 Å². The molecule has 0 N–H and O–H groups in total. The fourth-order valence-corrected chi connectivity index (χ4v) is 1.67. The first kappa shape index (κ1) is 12.2. The molecule has 18 heavy (non-hydrogen) atoms. The zero-order valence-electron chi connectivity index (χ0n) is 10.1. The number of halogens is 1. The van der Waals surface area contributed by atoms with Crippen molar-refractivity contribution >= 4 is 11.9 Å². The maximum atomic E-state index is 13.3. The number of allylic oxidation sites excluding steroid dienone is 1. The van der Waals surface area contributed by atoms with E-state index in [4.69, 9.17) is 0 Å². The SMILES string of the molecule is Cc1cccc(C(=O)/C=C/c2ccccc2F)c1. The third-order valence-electron chi connectivity index (χ3n) is 2.62. The van der Waals surface area contributed by atoms with Crippen molar-refractivity contribution in [2.24, 2.45) is 0 Å². The van der Waals surface area contributed by atoms with Gasteiger partial charge in [0.05, 0.1) is 0 Å². The van der Waals surface area contributed by atoms with Crippen LogP contribution in [0.25, 0.3) is 6.08 Å². The van der Waals surface area contributed by atoms with Crippen LogP contribution < -0.4 is 0 Å². The minimum Gasteiger partial charge on any atom is -0.289 e. The Labute approximate surface area is 106 Å². The average Bonchev–Trinajstić information content (AvgIpc) is 2.37. The average molecular weight is 240 g/mol. The van der Waals surface area contributed by atoms with E-state index < -0.39 is 0 Å². The summed E-state index contributed by atoms with van der Waals surface area (Å²) in [6.45, 7) is 1.93. The van der Waals surface area contributed by atoms with Gasteiger partial charge in [-0.1, -0.05) is 42.0 Å². The van der Waals surface area contributed by atoms with Gasteiger partial charge in [0, 0.05) is 11.1 Å². The predicted molar refractivity (Wildman–Crippen MR) is 70.9 cm³/mol. The highest BCUT2D eigenvalue weighted by Crippen LogP contribution is 2.10. The van der Waals surface area contributed by atoms with E-state index in [-0.39, 0.29) is 11.6 Å². The maximum Gasteiger partial charge on any atom is 0.185 e. The number of hydrogen-bond acceptors (Lipinski definition) is 1. The Morgan fingerprint density at radius 3 is 2.61 bits per heavy atom. The molecule has 90 valence electrons. The van der Waals surface area contributed by atoms with Crippen LogP contribution in [0.15, 0.2) is 54.6 Å². The minimum atomic E-state index is -0.328. The van der Waals surface area contributed by atoms with Gasteiger partial charge in [0.1, 0.15) is 5.82 Å². The summed E-state index contributed by atoms with van der Waals surface area (Å²) in [6.07, 6.45) is 2.90. The monoisotopic (exact) mass is 240 g/mol. The van der Waals surface area contributed by atoms with Crippen molar-refractivity contribution in [2.75, 3.05) is 0 Å². The first-order chi connectivity index (χ1) is 8.66. The van der Waals surface area contributed by atoms with E-state index in [0.29, 0.717) is 11.1 Å². The van der Waals surface area contributed by atoms with Crippen molar-refractivity contribution in [1.82, 2.24) is 0 Å². The summed E-state index contributed by atoms with van der Waals surface area (Å²) in [7, 11) is 0. The number of carbonyl (C=O) groups excluding carboxylic acids is 1. The molecular formula is C16H13FO. The van der Waals surface area contributed by atoms with Crippen LogP contribution in [0, 0.1) is 12.7 Å². The molecule has 0 heterocycles. The molecule has 1 nitrogen and oxygen atoms in total. The molecule has 0 saturated carbocycles. The van der Waals surface area contributed by atoms with Gasteiger partial charge in [-0.2, -0.15) is 0 Å². The molecule has 0 unspecified atom stereocenters. The van der Waals surface area contributed by atoms with E-state index in [1.165, 1.54) is 18.2 Å². The van der Waals surface area contributed by atoms with Gasteiger partial charge in [0.25, 0.3) is 0 Å². The van der Waals surface area contributed by atoms with E-state index in [2.05, 4.69) is 0 Å². The lowest BCUT2D eigenvalue weighted by atomic mass is 10.1. The Balaban J connectivity index is 2.20. The second-order valence-corrected chi connectivity index (χ2v) is 4.09. The minimum absolute atomic E-state index is 0.123. The maximum absolute atomic E-state index is 13.3. The highest BCUT2D eigenvalue weighted by molar-refractivity contribution is 6.06. The summed E-state index contributed by atoms with van der Waals surface area (Å²) in [4.78, 5) is 11.9. The molecule has 0 spiro atoms. The lowest BCUT2D eigenvalue weighted by molar-refractivity contribution is 0.104. The summed E-state index contributed by atoms with van der Waals surface area (Å²) in [5.74, 6) is -0.451. The predicted octanol–water partition coefficient (Wildman–Crippen LogP) is 4.03. The standard InChI is InChI=1S/C16H13FO/c1-12-5-4-7-14(11-12)16(18)10-9-13-6-2-3-8-15(13)17/h2-11H,1H3/b10-9+. The number of carbonyl (C=O) groups is 1. The molecule has 0 atom stereocenters. The Bertz CT molecular complexity index is 600. The molecule has 0 fully saturated rings. The van der Waals surface area contributed by atoms with Crippen LogP contribution in [0.1, 0.15) is 21.5 Å². The highest BCUT2D eigenvalue weighted by Gasteiger charge is 2.02. The number of rotatable bonds is 3. The van der Waals surface area contributed by atoms with Crippen molar-refractivity contribution in [1.29, 1.82) is 0 Å². The van der Waals surface area contributed by atoms with Gasteiger partial charge in [0.15, 0.2) is 5.78 Å². The molecule has 0 aliphatic carbocycles. The normalized spacial score (nSPS) is 10.8. The molecule has 0 bridgehead atoms. The lowest BCUT2D eigenvalue weighted by Crippen LogP contribution is -1.94. The second kappa shape index (κ2) is 5.41. The van der Waals surface area contributed by atoms with Crippen molar-refractivity contribution in [3.8, 4) is 0 Å². The zero-order chi connectivity index (χ0) is 13.0. The van der Waals surface area contributed by atoms with Crippen LogP contribution in [-0.4, -0.2) is 5.78 Å². The number of aryl methyl sites for hydroxylation is 1. The molecule has 0 aliphatic heterocycles. The molecule has 2 aromatic carbocycles. The van der Waals surface area contributed by atoms with Gasteiger partial charge in [-0.3, -0.25) is 4.79 Å². The molecule has 0 aliphatic rings. The molecule has 2 rings (SSSR count). The van der Waals surface area contributed by atoms with Crippen LogP contribution in [0.5, 0.6) is 0 Å². The Hall–Kier alpha value is -2.22. The summed E-state index contributed by atoms with van der Waals surface area (Å²) >= 11 is 0. The van der Waals surface area contributed by atoms with Crippen molar-refractivity contribution in [3.63, 3.8) is 0 Å². The van der Waals surface area contributed by atoms with Crippen LogP contribution in [0.4, 0.5) is 4.39 Å². The summed E-state index contributed by atoms with van der Waals surface area (Å²) in [6, 6.07) is 13.7. The lowest BCUT2D eigenvalue weighted by Gasteiger charge is -1.98. The first-order valence-electron chi connectivity index (χ1n) is 5.70. The third kappa shape index (κ3) is 2.92. The fraction of sp³-hybridized carbons (Fsp3) is 0.0625. The van der Waals surface area contributed by atoms with E-state index in [0.717, 1.165) is 5.56 Å². The van der Waals surface area contributed by atoms with Gasteiger partial charge < -0.3 is 0 Å². The molecule has 2 heteroatoms. The molecule has 0 radical (unpaired) electrons. The Morgan fingerprint density at radius 2 is 1.89 bits per heavy atom. The molecule has 2 aromatic rings. The number of hydrogen-bond donors (Lipinski definition) is 0. The molecule has 0 amide bonds. The smallest absolute Gasteiger partial charge is 0.185 e. The van der Waals surface area contributed by atoms with Crippen molar-refractivity contribution in [2.45, 2.75) is 6.92 Å². The van der Waals surface area contributed by atoms with Gasteiger partial charge in [0.2, 0.25) is 0 Å². The van der Waals surface area contributed by atoms with Crippen LogP contribution >= 0.6 is 0 Å². The van der Waals surface area contributed by atoms with E-state index in [9.17, 15) is 9.18 Å². The number of benzene rings is 2. The summed E-state index contributed by atoms with van der Waals surface area (Å²) < 4.78 is 13.3. The molecule has 0 aromatic heterocycles. The Morgan fingerprint density at radius 1 is 1.11 bits per heavy atom. The first-order valence-corrected chi connectivity index (χ1v) is 5.70. The quantitative estimate of drug-likeness (QED) is 0.584. The zero-order valence-corrected chi connectivity index (χ0v) is 10.1. The molecular weight excluding hydrogens is 227 g/mol. The van der Waals surface area contributed by atoms with Crippen LogP contribution in [-0.2, 0) is 0 Å². The third-order valence-corrected chi connectivity index (χ3v) is 2.62. The van der Waals surface area contributed by atoms with Crippen molar-refractivity contribution < 1.29 is 9.18 Å². The highest BCUT2D eigenvalue weighted by atomic mass is 19.1. The second-order valence-electron chi connectivity index (χ2n) is 4.09. The van der Waals surface area contributed by atoms with Gasteiger partial charge in [-0.25, -0.2) is 4.39 Å². The summed E-state index contributed by atoms with van der Waals surface area (Å²) in [5.41, 5.74) is 2.06. The van der Waals surface area contributed by atoms with Gasteiger partial charge >= 0.3 is 0 Å². The largest absolute Gasteiger partial charge is 0.289 e. The van der Waals surface area contributed by atoms with E-state index in [1.807, 2.05) is 25.1 Å². The van der Waals surface area contributed by atoms with Crippen LogP contribution in [0.3, 0.4) is 0 Å². The van der Waals surface area contributed by atoms with E-state index in [1.54, 1.807) is 24.3 Å². The van der Waals surface area contributed by atoms with Gasteiger partial charge in [-0.05, 0) is 31.2 Å². The molecule has 0 saturated heterocycles. The van der Waals surface area contributed by atoms with Crippen LogP contribution in [0.2, 0.25) is 0 Å². The number of ketones is 1. The fourth-order valence-electron chi connectivity index (χ4n) is 1.67. The topological polar surface area (TPSA) is 17.1 Å². The van der Waals surface area contributed by atoms with Gasteiger partial charge in [-0.15, -0.1) is 0 Å².